The molecule has 196 valence electrons. The van der Waals surface area contributed by atoms with Crippen LogP contribution in [0.4, 0.5) is 5.69 Å². The molecule has 1 unspecified atom stereocenters. The molecule has 37 heavy (non-hydrogen) atoms. The Morgan fingerprint density at radius 3 is 2.43 bits per heavy atom. The van der Waals surface area contributed by atoms with E-state index in [9.17, 15) is 9.90 Å². The van der Waals surface area contributed by atoms with Gasteiger partial charge in [-0.05, 0) is 67.5 Å². The molecule has 1 aromatic heterocycles. The zero-order chi connectivity index (χ0) is 27.0. The van der Waals surface area contributed by atoms with Crippen molar-refractivity contribution in [3.63, 3.8) is 0 Å². The molecule has 0 radical (unpaired) electrons. The summed E-state index contributed by atoms with van der Waals surface area (Å²) in [4.78, 5) is 19.2. The predicted octanol–water partition coefficient (Wildman–Crippen LogP) is 7.28. The van der Waals surface area contributed by atoms with Crippen LogP contribution in [0, 0.1) is 6.92 Å². The normalized spacial score (nSPS) is 19.3. The van der Waals surface area contributed by atoms with Gasteiger partial charge in [0.2, 0.25) is 0 Å². The van der Waals surface area contributed by atoms with E-state index >= 15 is 0 Å². The number of hydrogen-bond acceptors (Lipinski definition) is 2. The summed E-state index contributed by atoms with van der Waals surface area (Å²) in [6.07, 6.45) is 11.4. The number of amides is 1. The Morgan fingerprint density at radius 2 is 1.73 bits per heavy atom. The summed E-state index contributed by atoms with van der Waals surface area (Å²) in [7, 11) is 0. The third kappa shape index (κ3) is 5.35. The highest BCUT2D eigenvalue weighted by Crippen LogP contribution is 2.48. The van der Waals surface area contributed by atoms with E-state index in [2.05, 4.69) is 36.2 Å². The van der Waals surface area contributed by atoms with E-state index in [-0.39, 0.29) is 5.91 Å². The van der Waals surface area contributed by atoms with E-state index in [1.807, 2.05) is 83.2 Å². The highest BCUT2D eigenvalue weighted by Gasteiger charge is 2.53. The predicted molar refractivity (Wildman–Crippen MR) is 156 cm³/mol. The molecule has 0 saturated heterocycles. The van der Waals surface area contributed by atoms with Gasteiger partial charge in [0.05, 0.1) is 5.69 Å². The fourth-order valence-corrected chi connectivity index (χ4v) is 5.24. The lowest BCUT2D eigenvalue weighted by Gasteiger charge is -2.25. The maximum atomic E-state index is 14.0. The van der Waals surface area contributed by atoms with Crippen molar-refractivity contribution in [2.24, 2.45) is 0 Å². The molecule has 2 aliphatic rings. The smallest absolute Gasteiger partial charge is 0.268 e. The minimum Gasteiger partial charge on any atom is -0.372 e. The zero-order valence-electron chi connectivity index (χ0n) is 23.3. The van der Waals surface area contributed by atoms with Crippen molar-refractivity contribution in [2.75, 3.05) is 11.4 Å². The van der Waals surface area contributed by atoms with Gasteiger partial charge in [-0.15, -0.1) is 0 Å². The maximum absolute atomic E-state index is 14.0. The molecule has 1 amide bonds. The van der Waals surface area contributed by atoms with Crippen LogP contribution in [-0.4, -0.2) is 22.5 Å². The van der Waals surface area contributed by atoms with Gasteiger partial charge in [-0.2, -0.15) is 0 Å². The molecule has 4 nitrogen and oxygen atoms in total. The van der Waals surface area contributed by atoms with Crippen molar-refractivity contribution < 1.29 is 9.90 Å². The average Bonchev–Trinajstić information content (AvgIpc) is 3.35. The summed E-state index contributed by atoms with van der Waals surface area (Å²) in [5.41, 5.74) is 5.68. The van der Waals surface area contributed by atoms with Crippen molar-refractivity contribution in [3.05, 3.63) is 106 Å². The van der Waals surface area contributed by atoms with Crippen molar-refractivity contribution >= 4 is 17.7 Å². The Labute approximate surface area is 222 Å². The van der Waals surface area contributed by atoms with E-state index in [4.69, 9.17) is 0 Å². The number of anilines is 1. The number of nitrogens with one attached hydrogen (secondary N) is 1. The van der Waals surface area contributed by atoms with Gasteiger partial charge in [-0.1, -0.05) is 89.2 Å². The SMILES string of the molecule is CC.CC.CCc1ccc2c(c1)C(O)(c1c(C)[nH]c3c1CC/C=C\C=C/3)C(=O)N2CCc1ccccc1. The molecule has 2 heterocycles. The Morgan fingerprint density at radius 1 is 1.00 bits per heavy atom. The summed E-state index contributed by atoms with van der Waals surface area (Å²) in [5, 5.41) is 12.3. The molecule has 0 fully saturated rings. The Balaban J connectivity index is 0.000000907. The number of H-pyrrole nitrogens is 1. The van der Waals surface area contributed by atoms with E-state index in [1.165, 1.54) is 5.56 Å². The molecule has 0 bridgehead atoms. The van der Waals surface area contributed by atoms with Crippen molar-refractivity contribution in [3.8, 4) is 0 Å². The molecule has 4 heteroatoms. The van der Waals surface area contributed by atoms with E-state index in [1.54, 1.807) is 4.90 Å². The number of aromatic nitrogens is 1. The fraction of sp³-hybridized carbons (Fsp3) is 0.364. The Hall–Kier alpha value is -3.37. The number of benzene rings is 2. The molecular formula is C33H42N2O2. The number of aryl methyl sites for hydroxylation is 2. The third-order valence-corrected chi connectivity index (χ3v) is 6.93. The van der Waals surface area contributed by atoms with Gasteiger partial charge >= 0.3 is 0 Å². The number of aliphatic hydroxyl groups is 1. The van der Waals surface area contributed by atoms with E-state index < -0.39 is 5.60 Å². The number of aromatic amines is 1. The van der Waals surface area contributed by atoms with E-state index in [0.717, 1.165) is 59.4 Å². The minimum absolute atomic E-state index is 0.256. The minimum atomic E-state index is -1.69. The number of carbonyl (C=O) groups excluding carboxylic acids is 1. The van der Waals surface area contributed by atoms with Crippen LogP contribution in [-0.2, 0) is 29.7 Å². The van der Waals surface area contributed by atoms with Gasteiger partial charge in [0, 0.05) is 29.1 Å². The van der Waals surface area contributed by atoms with Crippen LogP contribution in [0.3, 0.4) is 0 Å². The second-order valence-electron chi connectivity index (χ2n) is 8.95. The third-order valence-electron chi connectivity index (χ3n) is 6.93. The summed E-state index contributed by atoms with van der Waals surface area (Å²) in [5.74, 6) is -0.256. The van der Waals surface area contributed by atoms with Crippen LogP contribution in [0.5, 0.6) is 0 Å². The maximum Gasteiger partial charge on any atom is 0.268 e. The highest BCUT2D eigenvalue weighted by atomic mass is 16.3. The number of nitrogens with zero attached hydrogens (tertiary/aromatic N) is 1. The number of allylic oxidation sites excluding steroid dienone is 3. The molecule has 1 aliphatic heterocycles. The number of carbonyl (C=O) groups is 1. The van der Waals surface area contributed by atoms with Crippen LogP contribution in [0.1, 0.15) is 80.2 Å². The fourth-order valence-electron chi connectivity index (χ4n) is 5.24. The Kier molecular flexibility index (Phi) is 9.71. The number of rotatable bonds is 5. The zero-order valence-corrected chi connectivity index (χ0v) is 23.3. The molecular weight excluding hydrogens is 456 g/mol. The summed E-state index contributed by atoms with van der Waals surface area (Å²) in [6, 6.07) is 16.3. The quantitative estimate of drug-likeness (QED) is 0.388. The van der Waals surface area contributed by atoms with Gasteiger partial charge in [0.1, 0.15) is 0 Å². The van der Waals surface area contributed by atoms with Crippen LogP contribution < -0.4 is 4.90 Å². The van der Waals surface area contributed by atoms with Crippen molar-refractivity contribution in [1.82, 2.24) is 4.98 Å². The van der Waals surface area contributed by atoms with Gasteiger partial charge in [-0.25, -0.2) is 0 Å². The van der Waals surface area contributed by atoms with Crippen molar-refractivity contribution in [2.45, 2.75) is 72.8 Å². The summed E-state index contributed by atoms with van der Waals surface area (Å²) >= 11 is 0. The molecule has 1 aliphatic carbocycles. The first kappa shape index (κ1) is 28.2. The van der Waals surface area contributed by atoms with Crippen LogP contribution in [0.15, 0.2) is 66.8 Å². The van der Waals surface area contributed by atoms with Gasteiger partial charge in [-0.3, -0.25) is 4.79 Å². The average molecular weight is 499 g/mol. The molecule has 0 saturated carbocycles. The largest absolute Gasteiger partial charge is 0.372 e. The van der Waals surface area contributed by atoms with Crippen LogP contribution in [0.2, 0.25) is 0 Å². The number of hydrogen-bond donors (Lipinski definition) is 2. The number of fused-ring (bicyclic) bond motifs is 2. The molecule has 5 rings (SSSR count). The summed E-state index contributed by atoms with van der Waals surface area (Å²) < 4.78 is 0. The topological polar surface area (TPSA) is 56.3 Å². The molecule has 1 atom stereocenters. The monoisotopic (exact) mass is 498 g/mol. The highest BCUT2D eigenvalue weighted by molar-refractivity contribution is 6.09. The first-order valence-electron chi connectivity index (χ1n) is 13.8. The molecule has 0 spiro atoms. The summed E-state index contributed by atoms with van der Waals surface area (Å²) in [6.45, 7) is 12.6. The second-order valence-corrected chi connectivity index (χ2v) is 8.95. The van der Waals surface area contributed by atoms with Gasteiger partial charge < -0.3 is 15.0 Å². The Bertz CT molecular complexity index is 1250. The first-order valence-corrected chi connectivity index (χ1v) is 13.8. The second kappa shape index (κ2) is 12.7. The lowest BCUT2D eigenvalue weighted by atomic mass is 9.82. The molecule has 3 aromatic rings. The van der Waals surface area contributed by atoms with Crippen molar-refractivity contribution in [1.29, 1.82) is 0 Å². The lowest BCUT2D eigenvalue weighted by Crippen LogP contribution is -2.42. The molecule has 2 aromatic carbocycles. The first-order chi connectivity index (χ1) is 18.0. The van der Waals surface area contributed by atoms with Crippen LogP contribution >= 0.6 is 0 Å². The van der Waals surface area contributed by atoms with Gasteiger partial charge in [0.25, 0.3) is 5.91 Å². The lowest BCUT2D eigenvalue weighted by molar-refractivity contribution is -0.132. The standard InChI is InChI=1S/C29H30N2O2.2C2H6/c1-3-21-15-16-26-24(19-21)29(33,28(32)31(26)18-17-22-11-7-6-8-12-22)27-20(2)30-25-14-10-5-4-9-13-23(25)27;2*1-2/h4-8,10-12,14-16,19,30,33H,3,9,13,17-18H2,1-2H3;2*1-2H3/b5-4-,14-10-;;. The van der Waals surface area contributed by atoms with E-state index in [0.29, 0.717) is 12.1 Å². The van der Waals surface area contributed by atoms with Crippen LogP contribution in [0.25, 0.3) is 6.08 Å². The molecule has 2 N–H and O–H groups in total. The van der Waals surface area contributed by atoms with Gasteiger partial charge in [0.15, 0.2) is 5.60 Å².